The number of aliphatic hydroxyl groups excluding tert-OH is 1. The van der Waals surface area contributed by atoms with Gasteiger partial charge in [-0.2, -0.15) is 26.3 Å². The van der Waals surface area contributed by atoms with Gasteiger partial charge in [0, 0.05) is 24.9 Å². The number of alkyl halides is 6. The highest BCUT2D eigenvalue weighted by Gasteiger charge is 2.40. The molecule has 1 amide bonds. The predicted molar refractivity (Wildman–Crippen MR) is 107 cm³/mol. The highest BCUT2D eigenvalue weighted by atomic mass is 35.5. The molecule has 1 saturated heterocycles. The van der Waals surface area contributed by atoms with Gasteiger partial charge in [-0.1, -0.05) is 29.3 Å². The molecular formula is C21H15Cl2F6NO3. The molecule has 12 heteroatoms. The molecule has 1 aliphatic heterocycles. The van der Waals surface area contributed by atoms with Crippen molar-refractivity contribution in [2.24, 2.45) is 0 Å². The third-order valence-corrected chi connectivity index (χ3v) is 5.95. The topological polar surface area (TPSA) is 57.6 Å². The van der Waals surface area contributed by atoms with Crippen molar-refractivity contribution in [3.05, 3.63) is 68.7 Å². The third-order valence-electron chi connectivity index (χ3n) is 5.21. The number of carbonyl (C=O) groups is 2. The Morgan fingerprint density at radius 3 is 2.06 bits per heavy atom. The van der Waals surface area contributed by atoms with E-state index in [0.29, 0.717) is 12.1 Å². The van der Waals surface area contributed by atoms with Gasteiger partial charge >= 0.3 is 12.4 Å². The average molecular weight is 514 g/mol. The van der Waals surface area contributed by atoms with E-state index in [1.807, 2.05) is 0 Å². The average Bonchev–Trinajstić information content (AvgIpc) is 2.73. The molecule has 0 saturated carbocycles. The van der Waals surface area contributed by atoms with Crippen molar-refractivity contribution in [1.82, 2.24) is 4.90 Å². The predicted octanol–water partition coefficient (Wildman–Crippen LogP) is 5.94. The molecule has 4 nitrogen and oxygen atoms in total. The number of ketones is 1. The lowest BCUT2D eigenvalue weighted by atomic mass is 9.91. The van der Waals surface area contributed by atoms with Gasteiger partial charge in [-0.15, -0.1) is 0 Å². The Hall–Kier alpha value is -2.30. The number of benzene rings is 2. The quantitative estimate of drug-likeness (QED) is 0.517. The van der Waals surface area contributed by atoms with Crippen LogP contribution in [0, 0.1) is 0 Å². The summed E-state index contributed by atoms with van der Waals surface area (Å²) in [6.07, 6.45) is -12.3. The monoisotopic (exact) mass is 513 g/mol. The van der Waals surface area contributed by atoms with Crippen LogP contribution in [0.2, 0.25) is 10.0 Å². The second-order valence-electron chi connectivity index (χ2n) is 7.47. The minimum absolute atomic E-state index is 0.0703. The van der Waals surface area contributed by atoms with Crippen LogP contribution in [0.5, 0.6) is 0 Å². The molecule has 1 N–H and O–H groups in total. The maximum atomic E-state index is 13.2. The highest BCUT2D eigenvalue weighted by molar-refractivity contribution is 6.42. The summed E-state index contributed by atoms with van der Waals surface area (Å²) >= 11 is 11.8. The molecule has 178 valence electrons. The SMILES string of the molecule is O=C1CCN(C(=O)c2cc(C(F)(F)F)cc(C(F)(F)F)c2)[C@@H]([C@H](O)c2ccc(Cl)c(Cl)c2)C1. The highest BCUT2D eigenvalue weighted by Crippen LogP contribution is 2.38. The number of rotatable bonds is 3. The summed E-state index contributed by atoms with van der Waals surface area (Å²) in [5, 5.41) is 11.0. The molecule has 2 aromatic rings. The second-order valence-corrected chi connectivity index (χ2v) is 8.29. The number of piperidine rings is 1. The van der Waals surface area contributed by atoms with Crippen molar-refractivity contribution in [3.63, 3.8) is 0 Å². The lowest BCUT2D eigenvalue weighted by Gasteiger charge is -2.38. The van der Waals surface area contributed by atoms with Crippen LogP contribution in [-0.2, 0) is 17.1 Å². The van der Waals surface area contributed by atoms with E-state index in [1.54, 1.807) is 0 Å². The van der Waals surface area contributed by atoms with E-state index in [1.165, 1.54) is 18.2 Å². The fraction of sp³-hybridized carbons (Fsp3) is 0.333. The van der Waals surface area contributed by atoms with Crippen molar-refractivity contribution in [1.29, 1.82) is 0 Å². The van der Waals surface area contributed by atoms with E-state index in [4.69, 9.17) is 23.2 Å². The molecule has 1 aliphatic rings. The van der Waals surface area contributed by atoms with Crippen LogP contribution in [0.15, 0.2) is 36.4 Å². The minimum Gasteiger partial charge on any atom is -0.386 e. The van der Waals surface area contributed by atoms with Crippen LogP contribution >= 0.6 is 23.2 Å². The molecular weight excluding hydrogens is 499 g/mol. The Bertz CT molecular complexity index is 1050. The lowest BCUT2D eigenvalue weighted by Crippen LogP contribution is -2.49. The Labute approximate surface area is 193 Å². The number of Topliss-reactive ketones (excluding diaryl/α,β-unsaturated/α-hetero) is 1. The Morgan fingerprint density at radius 2 is 1.55 bits per heavy atom. The molecule has 0 aliphatic carbocycles. The van der Waals surface area contributed by atoms with Crippen molar-refractivity contribution in [3.8, 4) is 0 Å². The van der Waals surface area contributed by atoms with E-state index in [2.05, 4.69) is 0 Å². The summed E-state index contributed by atoms with van der Waals surface area (Å²) < 4.78 is 79.1. The van der Waals surface area contributed by atoms with Gasteiger partial charge in [0.25, 0.3) is 5.91 Å². The lowest BCUT2D eigenvalue weighted by molar-refractivity contribution is -0.143. The number of amides is 1. The maximum absolute atomic E-state index is 13.2. The van der Waals surface area contributed by atoms with Gasteiger partial charge in [0.15, 0.2) is 0 Å². The third kappa shape index (κ3) is 5.62. The van der Waals surface area contributed by atoms with Crippen molar-refractivity contribution in [2.45, 2.75) is 37.3 Å². The zero-order valence-corrected chi connectivity index (χ0v) is 18.0. The van der Waals surface area contributed by atoms with Crippen LogP contribution < -0.4 is 0 Å². The van der Waals surface area contributed by atoms with Gasteiger partial charge in [-0.05, 0) is 35.9 Å². The molecule has 0 aromatic heterocycles. The van der Waals surface area contributed by atoms with Gasteiger partial charge in [-0.3, -0.25) is 9.59 Å². The molecule has 33 heavy (non-hydrogen) atoms. The number of hydrogen-bond acceptors (Lipinski definition) is 3. The van der Waals surface area contributed by atoms with E-state index in [-0.39, 0.29) is 46.8 Å². The fourth-order valence-electron chi connectivity index (χ4n) is 3.55. The summed E-state index contributed by atoms with van der Waals surface area (Å²) in [4.78, 5) is 26.0. The van der Waals surface area contributed by atoms with Crippen LogP contribution in [-0.4, -0.2) is 34.3 Å². The van der Waals surface area contributed by atoms with E-state index < -0.39 is 47.1 Å². The number of hydrogen-bond donors (Lipinski definition) is 1. The number of nitrogens with zero attached hydrogens (tertiary/aromatic N) is 1. The van der Waals surface area contributed by atoms with Gasteiger partial charge in [0.1, 0.15) is 5.78 Å². The van der Waals surface area contributed by atoms with Crippen molar-refractivity contribution >= 4 is 34.9 Å². The molecule has 0 spiro atoms. The molecule has 2 atom stereocenters. The van der Waals surface area contributed by atoms with Crippen molar-refractivity contribution in [2.75, 3.05) is 6.54 Å². The standard InChI is InChI=1S/C21H15Cl2F6NO3/c22-15-2-1-10(7-16(15)23)18(32)17-9-14(31)3-4-30(17)19(33)11-5-12(20(24,25)26)8-13(6-11)21(27,28)29/h1-2,5-8,17-18,32H,3-4,9H2/t17-,18-/m1/s1. The van der Waals surface area contributed by atoms with Gasteiger partial charge < -0.3 is 10.0 Å². The molecule has 0 unspecified atom stereocenters. The fourth-order valence-corrected chi connectivity index (χ4v) is 3.86. The van der Waals surface area contributed by atoms with E-state index in [9.17, 15) is 41.0 Å². The summed E-state index contributed by atoms with van der Waals surface area (Å²) in [5.74, 6) is -1.51. The molecule has 3 rings (SSSR count). The van der Waals surface area contributed by atoms with Crippen LogP contribution in [0.25, 0.3) is 0 Å². The normalized spacial score (nSPS) is 18.4. The summed E-state index contributed by atoms with van der Waals surface area (Å²) in [6, 6.07) is 3.35. The first-order chi connectivity index (χ1) is 15.2. The molecule has 0 bridgehead atoms. The van der Waals surface area contributed by atoms with Gasteiger partial charge in [-0.25, -0.2) is 0 Å². The molecule has 1 heterocycles. The largest absolute Gasteiger partial charge is 0.416 e. The zero-order valence-electron chi connectivity index (χ0n) is 16.5. The number of aliphatic hydroxyl groups is 1. The Kier molecular flexibility index (Phi) is 7.02. The second kappa shape index (κ2) is 9.15. The minimum atomic E-state index is -5.13. The van der Waals surface area contributed by atoms with Crippen molar-refractivity contribution < 1.29 is 41.0 Å². The Morgan fingerprint density at radius 1 is 0.970 bits per heavy atom. The number of carbonyl (C=O) groups excluding carboxylic acids is 2. The first kappa shape index (κ1) is 25.3. The number of likely N-dealkylation sites (tertiary alicyclic amines) is 1. The van der Waals surface area contributed by atoms with E-state index in [0.717, 1.165) is 4.90 Å². The van der Waals surface area contributed by atoms with Crippen LogP contribution in [0.4, 0.5) is 26.3 Å². The molecule has 2 aromatic carbocycles. The van der Waals surface area contributed by atoms with Gasteiger partial charge in [0.05, 0.1) is 33.3 Å². The summed E-state index contributed by atoms with van der Waals surface area (Å²) in [5.41, 5.74) is -3.98. The smallest absolute Gasteiger partial charge is 0.386 e. The molecule has 1 fully saturated rings. The zero-order chi connectivity index (χ0) is 24.7. The number of halogens is 8. The first-order valence-electron chi connectivity index (χ1n) is 9.43. The van der Waals surface area contributed by atoms with Crippen LogP contribution in [0.1, 0.15) is 46.0 Å². The molecule has 0 radical (unpaired) electrons. The summed E-state index contributed by atoms with van der Waals surface area (Å²) in [6.45, 7) is -0.293. The maximum Gasteiger partial charge on any atom is 0.416 e. The van der Waals surface area contributed by atoms with Crippen LogP contribution in [0.3, 0.4) is 0 Å². The van der Waals surface area contributed by atoms with Gasteiger partial charge in [0.2, 0.25) is 0 Å². The first-order valence-corrected chi connectivity index (χ1v) is 10.2. The van der Waals surface area contributed by atoms with E-state index >= 15 is 0 Å². The summed E-state index contributed by atoms with van der Waals surface area (Å²) in [7, 11) is 0. The Balaban J connectivity index is 2.03.